The van der Waals surface area contributed by atoms with Crippen molar-refractivity contribution in [3.05, 3.63) is 35.1 Å². The number of benzene rings is 1. The summed E-state index contributed by atoms with van der Waals surface area (Å²) < 4.78 is 13.0. The Hall–Kier alpha value is -1.09. The minimum Gasteiger partial charge on any atom is -0.352 e. The Labute approximate surface area is 119 Å². The quantitative estimate of drug-likeness (QED) is 0.756. The minimum atomic E-state index is -0.319. The maximum Gasteiger partial charge on any atom is 0.251 e. The molecular weight excluding hydrogens is 265 g/mol. The second-order valence-corrected chi connectivity index (χ2v) is 5.18. The maximum atomic E-state index is 13.0. The lowest BCUT2D eigenvalue weighted by molar-refractivity contribution is 0.0945. The molecule has 1 atom stereocenters. The van der Waals surface area contributed by atoms with Gasteiger partial charge in [0.15, 0.2) is 0 Å². The summed E-state index contributed by atoms with van der Waals surface area (Å²) in [5.74, 6) is 0.552. The fraction of sp³-hybridized carbons (Fsp3) is 0.533. The largest absolute Gasteiger partial charge is 0.352 e. The Bertz CT molecular complexity index is 417. The Kier molecular flexibility index (Phi) is 6.85. The van der Waals surface area contributed by atoms with E-state index < -0.39 is 0 Å². The summed E-state index contributed by atoms with van der Waals surface area (Å²) in [5, 5.41) is 2.91. The highest BCUT2D eigenvalue weighted by Gasteiger charge is 2.12. The van der Waals surface area contributed by atoms with Gasteiger partial charge in [0.2, 0.25) is 0 Å². The zero-order valence-corrected chi connectivity index (χ0v) is 12.3. The summed E-state index contributed by atoms with van der Waals surface area (Å²) in [6, 6.07) is 4.21. The number of alkyl halides is 1. The van der Waals surface area contributed by atoms with E-state index in [4.69, 9.17) is 11.6 Å². The first-order valence-electron chi connectivity index (χ1n) is 6.68. The number of carbonyl (C=O) groups excluding carboxylic acids is 1. The predicted octanol–water partition coefficient (Wildman–Crippen LogP) is 3.91. The summed E-state index contributed by atoms with van der Waals surface area (Å²) in [6.07, 6.45) is 3.03. The molecule has 1 amide bonds. The van der Waals surface area contributed by atoms with Crippen molar-refractivity contribution in [2.45, 2.75) is 33.1 Å². The first kappa shape index (κ1) is 16.0. The molecule has 1 aromatic carbocycles. The van der Waals surface area contributed by atoms with E-state index in [0.29, 0.717) is 29.5 Å². The number of carbonyl (C=O) groups is 1. The standard InChI is InChI=1S/C15H21ClFNO/c1-3-4-12(7-8-16)10-18-15(19)14-6-5-13(17)9-11(14)2/h5-6,9,12H,3-4,7-8,10H2,1-2H3,(H,18,19). The lowest BCUT2D eigenvalue weighted by Crippen LogP contribution is -2.30. The van der Waals surface area contributed by atoms with Crippen LogP contribution < -0.4 is 5.32 Å². The van der Waals surface area contributed by atoms with E-state index in [0.717, 1.165) is 19.3 Å². The lowest BCUT2D eigenvalue weighted by atomic mass is 10.0. The molecule has 0 aliphatic rings. The maximum absolute atomic E-state index is 13.0. The summed E-state index contributed by atoms with van der Waals surface area (Å²) in [4.78, 5) is 12.0. The van der Waals surface area contributed by atoms with Crippen LogP contribution in [0.2, 0.25) is 0 Å². The smallest absolute Gasteiger partial charge is 0.251 e. The minimum absolute atomic E-state index is 0.145. The van der Waals surface area contributed by atoms with Crippen LogP contribution in [0.15, 0.2) is 18.2 Å². The van der Waals surface area contributed by atoms with E-state index >= 15 is 0 Å². The second kappa shape index (κ2) is 8.16. The van der Waals surface area contributed by atoms with Crippen LogP contribution >= 0.6 is 11.6 Å². The van der Waals surface area contributed by atoms with Gasteiger partial charge < -0.3 is 5.32 Å². The van der Waals surface area contributed by atoms with Crippen LogP contribution in [0.1, 0.15) is 42.1 Å². The van der Waals surface area contributed by atoms with Gasteiger partial charge in [-0.15, -0.1) is 11.6 Å². The number of aryl methyl sites for hydroxylation is 1. The van der Waals surface area contributed by atoms with Gasteiger partial charge in [0.1, 0.15) is 5.82 Å². The summed E-state index contributed by atoms with van der Waals surface area (Å²) in [6.45, 7) is 4.48. The van der Waals surface area contributed by atoms with Gasteiger partial charge in [0, 0.05) is 18.0 Å². The van der Waals surface area contributed by atoms with Crippen molar-refractivity contribution in [2.24, 2.45) is 5.92 Å². The van der Waals surface area contributed by atoms with Crippen molar-refractivity contribution < 1.29 is 9.18 Å². The van der Waals surface area contributed by atoms with Gasteiger partial charge in [0.05, 0.1) is 0 Å². The second-order valence-electron chi connectivity index (χ2n) is 4.80. The molecule has 106 valence electrons. The molecule has 0 fully saturated rings. The highest BCUT2D eigenvalue weighted by Crippen LogP contribution is 2.13. The molecule has 0 aliphatic carbocycles. The molecule has 1 rings (SSSR count). The third kappa shape index (κ3) is 5.19. The van der Waals surface area contributed by atoms with E-state index in [1.807, 2.05) is 0 Å². The number of halogens is 2. The molecule has 0 aromatic heterocycles. The van der Waals surface area contributed by atoms with Crippen LogP contribution in [-0.4, -0.2) is 18.3 Å². The average Bonchev–Trinajstić information content (AvgIpc) is 2.36. The highest BCUT2D eigenvalue weighted by molar-refractivity contribution is 6.17. The molecule has 0 saturated carbocycles. The zero-order valence-electron chi connectivity index (χ0n) is 11.5. The van der Waals surface area contributed by atoms with E-state index in [1.165, 1.54) is 18.2 Å². The first-order chi connectivity index (χ1) is 9.08. The van der Waals surface area contributed by atoms with Gasteiger partial charge in [-0.3, -0.25) is 4.79 Å². The van der Waals surface area contributed by atoms with E-state index in [9.17, 15) is 9.18 Å². The van der Waals surface area contributed by atoms with Gasteiger partial charge in [-0.2, -0.15) is 0 Å². The van der Waals surface area contributed by atoms with Gasteiger partial charge >= 0.3 is 0 Å². The number of amides is 1. The van der Waals surface area contributed by atoms with E-state index in [1.54, 1.807) is 6.92 Å². The third-order valence-electron chi connectivity index (χ3n) is 3.20. The van der Waals surface area contributed by atoms with Gasteiger partial charge in [-0.1, -0.05) is 13.3 Å². The number of hydrogen-bond donors (Lipinski definition) is 1. The van der Waals surface area contributed by atoms with Crippen LogP contribution in [0.5, 0.6) is 0 Å². The number of nitrogens with one attached hydrogen (secondary N) is 1. The van der Waals surface area contributed by atoms with Crippen molar-refractivity contribution in [3.63, 3.8) is 0 Å². The topological polar surface area (TPSA) is 29.1 Å². The number of rotatable bonds is 7. The SMILES string of the molecule is CCCC(CCCl)CNC(=O)c1ccc(F)cc1C. The van der Waals surface area contributed by atoms with Crippen LogP contribution in [0.25, 0.3) is 0 Å². The van der Waals surface area contributed by atoms with Gasteiger partial charge in [-0.25, -0.2) is 4.39 Å². The molecule has 0 spiro atoms. The molecule has 1 unspecified atom stereocenters. The summed E-state index contributed by atoms with van der Waals surface area (Å²) >= 11 is 5.75. The average molecular weight is 286 g/mol. The van der Waals surface area contributed by atoms with Crippen molar-refractivity contribution in [1.82, 2.24) is 5.32 Å². The van der Waals surface area contributed by atoms with Crippen LogP contribution in [0, 0.1) is 18.7 Å². The molecule has 0 aliphatic heterocycles. The molecule has 19 heavy (non-hydrogen) atoms. The molecule has 0 bridgehead atoms. The molecular formula is C15H21ClFNO. The zero-order chi connectivity index (χ0) is 14.3. The molecule has 1 aromatic rings. The van der Waals surface area contributed by atoms with E-state index in [2.05, 4.69) is 12.2 Å². The Morgan fingerprint density at radius 2 is 2.16 bits per heavy atom. The summed E-state index contributed by atoms with van der Waals surface area (Å²) in [5.41, 5.74) is 1.18. The molecule has 0 heterocycles. The number of hydrogen-bond acceptors (Lipinski definition) is 1. The Morgan fingerprint density at radius 1 is 1.42 bits per heavy atom. The summed E-state index contributed by atoms with van der Waals surface area (Å²) in [7, 11) is 0. The van der Waals surface area contributed by atoms with Crippen LogP contribution in [-0.2, 0) is 0 Å². The normalized spacial score (nSPS) is 12.2. The lowest BCUT2D eigenvalue weighted by Gasteiger charge is -2.16. The van der Waals surface area contributed by atoms with Gasteiger partial charge in [-0.05, 0) is 49.4 Å². The van der Waals surface area contributed by atoms with Crippen molar-refractivity contribution >= 4 is 17.5 Å². The fourth-order valence-corrected chi connectivity index (χ4v) is 2.43. The van der Waals surface area contributed by atoms with Crippen LogP contribution in [0.4, 0.5) is 4.39 Å². The van der Waals surface area contributed by atoms with Crippen molar-refractivity contribution in [3.8, 4) is 0 Å². The molecule has 1 N–H and O–H groups in total. The fourth-order valence-electron chi connectivity index (χ4n) is 2.13. The first-order valence-corrected chi connectivity index (χ1v) is 7.22. The van der Waals surface area contributed by atoms with Crippen molar-refractivity contribution in [1.29, 1.82) is 0 Å². The Morgan fingerprint density at radius 3 is 2.74 bits per heavy atom. The highest BCUT2D eigenvalue weighted by atomic mass is 35.5. The monoisotopic (exact) mass is 285 g/mol. The third-order valence-corrected chi connectivity index (χ3v) is 3.42. The molecule has 4 heteroatoms. The molecule has 0 saturated heterocycles. The predicted molar refractivity (Wildman–Crippen MR) is 77.2 cm³/mol. The van der Waals surface area contributed by atoms with E-state index in [-0.39, 0.29) is 11.7 Å². The molecule has 2 nitrogen and oxygen atoms in total. The van der Waals surface area contributed by atoms with Crippen molar-refractivity contribution in [2.75, 3.05) is 12.4 Å². The Balaban J connectivity index is 2.58. The van der Waals surface area contributed by atoms with Crippen LogP contribution in [0.3, 0.4) is 0 Å². The molecule has 0 radical (unpaired) electrons. The van der Waals surface area contributed by atoms with Gasteiger partial charge in [0.25, 0.3) is 5.91 Å².